The van der Waals surface area contributed by atoms with Gasteiger partial charge >= 0.3 is 0 Å². The molecule has 0 saturated carbocycles. The number of ether oxygens (including phenoxy) is 1. The van der Waals surface area contributed by atoms with Gasteiger partial charge in [0.25, 0.3) is 0 Å². The van der Waals surface area contributed by atoms with Gasteiger partial charge in [0.1, 0.15) is 23.0 Å². The molecule has 2 aromatic heterocycles. The SMILES string of the molecule is Nc1nc(COc2ccc(Cl)cc2)nc2sccc12. The molecule has 6 heteroatoms. The van der Waals surface area contributed by atoms with Gasteiger partial charge in [-0.2, -0.15) is 0 Å². The molecule has 3 rings (SSSR count). The minimum atomic E-state index is 0.277. The quantitative estimate of drug-likeness (QED) is 0.802. The summed E-state index contributed by atoms with van der Waals surface area (Å²) < 4.78 is 5.59. The Kier molecular flexibility index (Phi) is 3.23. The summed E-state index contributed by atoms with van der Waals surface area (Å²) in [7, 11) is 0. The summed E-state index contributed by atoms with van der Waals surface area (Å²) in [6.07, 6.45) is 0. The van der Waals surface area contributed by atoms with E-state index in [1.165, 1.54) is 11.3 Å². The van der Waals surface area contributed by atoms with Crippen LogP contribution in [0.15, 0.2) is 35.7 Å². The second-order valence-corrected chi connectivity index (χ2v) is 5.24. The van der Waals surface area contributed by atoms with Crippen LogP contribution in [-0.2, 0) is 6.61 Å². The van der Waals surface area contributed by atoms with Gasteiger partial charge in [0, 0.05) is 5.02 Å². The number of hydrogen-bond acceptors (Lipinski definition) is 5. The Morgan fingerprint density at radius 1 is 1.16 bits per heavy atom. The maximum atomic E-state index is 5.87. The van der Waals surface area contributed by atoms with E-state index in [0.29, 0.717) is 16.7 Å². The summed E-state index contributed by atoms with van der Waals surface area (Å²) in [5.74, 6) is 1.78. The van der Waals surface area contributed by atoms with E-state index in [0.717, 1.165) is 16.0 Å². The van der Waals surface area contributed by atoms with E-state index in [2.05, 4.69) is 9.97 Å². The molecule has 0 unspecified atom stereocenters. The molecule has 0 saturated heterocycles. The summed E-state index contributed by atoms with van der Waals surface area (Å²) in [6, 6.07) is 9.06. The number of nitrogens with two attached hydrogens (primary N) is 1. The van der Waals surface area contributed by atoms with Crippen LogP contribution in [0.4, 0.5) is 5.82 Å². The van der Waals surface area contributed by atoms with Gasteiger partial charge in [0.15, 0.2) is 5.82 Å². The Morgan fingerprint density at radius 2 is 1.95 bits per heavy atom. The first-order chi connectivity index (χ1) is 9.22. The molecule has 0 bridgehead atoms. The highest BCUT2D eigenvalue weighted by Gasteiger charge is 2.06. The van der Waals surface area contributed by atoms with Crippen LogP contribution in [0.2, 0.25) is 5.02 Å². The normalized spacial score (nSPS) is 10.8. The Labute approximate surface area is 118 Å². The van der Waals surface area contributed by atoms with E-state index in [4.69, 9.17) is 22.1 Å². The number of fused-ring (bicyclic) bond motifs is 1. The highest BCUT2D eigenvalue weighted by atomic mass is 35.5. The molecule has 4 nitrogen and oxygen atoms in total. The van der Waals surface area contributed by atoms with Crippen molar-refractivity contribution in [1.82, 2.24) is 9.97 Å². The van der Waals surface area contributed by atoms with E-state index < -0.39 is 0 Å². The average molecular weight is 292 g/mol. The van der Waals surface area contributed by atoms with Crippen LogP contribution in [0.25, 0.3) is 10.2 Å². The van der Waals surface area contributed by atoms with Gasteiger partial charge in [-0.3, -0.25) is 0 Å². The van der Waals surface area contributed by atoms with Crippen LogP contribution in [0.5, 0.6) is 5.75 Å². The molecule has 0 atom stereocenters. The standard InChI is InChI=1S/C13H10ClN3OS/c14-8-1-3-9(4-2-8)18-7-11-16-12(15)10-5-6-19-13(10)17-11/h1-6H,7H2,(H2,15,16,17). The predicted octanol–water partition coefficient (Wildman–Crippen LogP) is 3.51. The van der Waals surface area contributed by atoms with Gasteiger partial charge in [0.2, 0.25) is 0 Å². The lowest BCUT2D eigenvalue weighted by molar-refractivity contribution is 0.296. The number of thiophene rings is 1. The average Bonchev–Trinajstić information content (AvgIpc) is 2.87. The van der Waals surface area contributed by atoms with Crippen LogP contribution in [0, 0.1) is 0 Å². The second-order valence-electron chi connectivity index (χ2n) is 3.91. The Balaban J connectivity index is 1.79. The van der Waals surface area contributed by atoms with Crippen molar-refractivity contribution in [2.75, 3.05) is 5.73 Å². The fraction of sp³-hybridized carbons (Fsp3) is 0.0769. The summed E-state index contributed by atoms with van der Waals surface area (Å²) in [6.45, 7) is 0.277. The first kappa shape index (κ1) is 12.2. The Bertz CT molecular complexity index is 711. The lowest BCUT2D eigenvalue weighted by Gasteiger charge is -2.06. The van der Waals surface area contributed by atoms with E-state index >= 15 is 0 Å². The molecule has 3 aromatic rings. The third-order valence-corrected chi connectivity index (χ3v) is 3.64. The van der Waals surface area contributed by atoms with Gasteiger partial charge in [-0.1, -0.05) is 11.6 Å². The van der Waals surface area contributed by atoms with E-state index in [9.17, 15) is 0 Å². The van der Waals surface area contributed by atoms with Crippen molar-refractivity contribution in [1.29, 1.82) is 0 Å². The number of anilines is 1. The smallest absolute Gasteiger partial charge is 0.169 e. The van der Waals surface area contributed by atoms with Crippen LogP contribution in [-0.4, -0.2) is 9.97 Å². The number of rotatable bonds is 3. The molecule has 0 fully saturated rings. The van der Waals surface area contributed by atoms with E-state index in [1.54, 1.807) is 24.3 Å². The fourth-order valence-corrected chi connectivity index (χ4v) is 2.58. The fourth-order valence-electron chi connectivity index (χ4n) is 1.67. The molecule has 0 aliphatic rings. The van der Waals surface area contributed by atoms with Gasteiger partial charge in [-0.15, -0.1) is 11.3 Å². The summed E-state index contributed by atoms with van der Waals surface area (Å²) >= 11 is 7.34. The zero-order chi connectivity index (χ0) is 13.2. The third-order valence-electron chi connectivity index (χ3n) is 2.58. The molecule has 0 aliphatic heterocycles. The van der Waals surface area contributed by atoms with Gasteiger partial charge < -0.3 is 10.5 Å². The second kappa shape index (κ2) is 5.03. The molecule has 0 radical (unpaired) electrons. The molecule has 0 amide bonds. The molecule has 19 heavy (non-hydrogen) atoms. The number of aromatic nitrogens is 2. The molecule has 0 spiro atoms. The van der Waals surface area contributed by atoms with Crippen LogP contribution in [0.1, 0.15) is 5.82 Å². The summed E-state index contributed by atoms with van der Waals surface area (Å²) in [5, 5.41) is 3.51. The zero-order valence-corrected chi connectivity index (χ0v) is 11.4. The van der Waals surface area contributed by atoms with Crippen LogP contribution < -0.4 is 10.5 Å². The maximum Gasteiger partial charge on any atom is 0.169 e. The molecular weight excluding hydrogens is 282 g/mol. The molecule has 2 N–H and O–H groups in total. The number of nitrogens with zero attached hydrogens (tertiary/aromatic N) is 2. The monoisotopic (exact) mass is 291 g/mol. The lowest BCUT2D eigenvalue weighted by Crippen LogP contribution is -2.04. The molecular formula is C13H10ClN3OS. The Hall–Kier alpha value is -1.85. The van der Waals surface area contributed by atoms with Crippen molar-refractivity contribution < 1.29 is 4.74 Å². The van der Waals surface area contributed by atoms with Crippen molar-refractivity contribution in [2.45, 2.75) is 6.61 Å². The maximum absolute atomic E-state index is 5.87. The summed E-state index contributed by atoms with van der Waals surface area (Å²) in [5.41, 5.74) is 5.87. The number of nitrogen functional groups attached to an aromatic ring is 1. The minimum absolute atomic E-state index is 0.277. The highest BCUT2D eigenvalue weighted by molar-refractivity contribution is 7.16. The predicted molar refractivity (Wildman–Crippen MR) is 77.6 cm³/mol. The molecule has 1 aromatic carbocycles. The summed E-state index contributed by atoms with van der Waals surface area (Å²) in [4.78, 5) is 9.51. The highest BCUT2D eigenvalue weighted by Crippen LogP contribution is 2.23. The van der Waals surface area contributed by atoms with Crippen molar-refractivity contribution in [3.8, 4) is 5.75 Å². The van der Waals surface area contributed by atoms with Crippen LogP contribution in [0.3, 0.4) is 0 Å². The molecule has 2 heterocycles. The van der Waals surface area contributed by atoms with Crippen molar-refractivity contribution in [2.24, 2.45) is 0 Å². The molecule has 96 valence electrons. The first-order valence-corrected chi connectivity index (χ1v) is 6.86. The van der Waals surface area contributed by atoms with Crippen LogP contribution >= 0.6 is 22.9 Å². The number of hydrogen-bond donors (Lipinski definition) is 1. The van der Waals surface area contributed by atoms with Gasteiger partial charge in [0.05, 0.1) is 5.39 Å². The molecule has 0 aliphatic carbocycles. The third kappa shape index (κ3) is 2.62. The van der Waals surface area contributed by atoms with Gasteiger partial charge in [-0.25, -0.2) is 9.97 Å². The number of halogens is 1. The topological polar surface area (TPSA) is 61.0 Å². The number of benzene rings is 1. The van der Waals surface area contributed by atoms with E-state index in [1.807, 2.05) is 11.4 Å². The zero-order valence-electron chi connectivity index (χ0n) is 9.84. The van der Waals surface area contributed by atoms with Crippen molar-refractivity contribution in [3.05, 3.63) is 46.6 Å². The Morgan fingerprint density at radius 3 is 2.74 bits per heavy atom. The van der Waals surface area contributed by atoms with E-state index in [-0.39, 0.29) is 6.61 Å². The van der Waals surface area contributed by atoms with Gasteiger partial charge in [-0.05, 0) is 35.7 Å². The van der Waals surface area contributed by atoms with Crippen molar-refractivity contribution >= 4 is 39.0 Å². The largest absolute Gasteiger partial charge is 0.486 e. The lowest BCUT2D eigenvalue weighted by atomic mass is 10.3. The minimum Gasteiger partial charge on any atom is -0.486 e. The first-order valence-electron chi connectivity index (χ1n) is 5.60. The van der Waals surface area contributed by atoms with Crippen molar-refractivity contribution in [3.63, 3.8) is 0 Å².